The molecule has 3 aliphatic rings. The summed E-state index contributed by atoms with van der Waals surface area (Å²) < 4.78 is 62.4. The van der Waals surface area contributed by atoms with Crippen LogP contribution in [0.15, 0.2) is 12.2 Å². The summed E-state index contributed by atoms with van der Waals surface area (Å²) in [5.74, 6) is -3.05. The number of hydrogen-bond donors (Lipinski definition) is 0. The van der Waals surface area contributed by atoms with E-state index in [0.29, 0.717) is 6.42 Å². The van der Waals surface area contributed by atoms with Gasteiger partial charge in [-0.25, -0.2) is 0 Å². The number of rotatable bonds is 2. The fraction of sp³-hybridized carbons (Fsp3) is 0.600. The first kappa shape index (κ1) is 13.6. The number of amides is 2. The Morgan fingerprint density at radius 3 is 2.55 bits per heavy atom. The maximum Gasteiger partial charge on any atom is 0.525 e. The summed E-state index contributed by atoms with van der Waals surface area (Å²) in [6.07, 6.45) is 3.67. The van der Waals surface area contributed by atoms with Crippen molar-refractivity contribution in [3.63, 3.8) is 0 Å². The first-order valence-corrected chi connectivity index (χ1v) is 7.07. The van der Waals surface area contributed by atoms with E-state index in [0.717, 1.165) is 0 Å². The molecule has 1 spiro atoms. The van der Waals surface area contributed by atoms with Crippen molar-refractivity contribution in [3.05, 3.63) is 12.2 Å². The van der Waals surface area contributed by atoms with Crippen LogP contribution in [0.4, 0.5) is 13.2 Å². The maximum absolute atomic E-state index is 12.3. The minimum atomic E-state index is -6.04. The molecule has 3 rings (SSSR count). The van der Waals surface area contributed by atoms with E-state index < -0.39 is 38.8 Å². The van der Waals surface area contributed by atoms with E-state index in [9.17, 15) is 31.2 Å². The summed E-state index contributed by atoms with van der Waals surface area (Å²) in [4.78, 5) is 24.0. The molecule has 0 N–H and O–H groups in total. The highest BCUT2D eigenvalue weighted by molar-refractivity contribution is 7.87. The second kappa shape index (κ2) is 3.61. The molecule has 0 aromatic carbocycles. The van der Waals surface area contributed by atoms with Gasteiger partial charge < -0.3 is 0 Å². The van der Waals surface area contributed by atoms with Crippen LogP contribution in [0.3, 0.4) is 0 Å². The smallest absolute Gasteiger partial charge is 0.272 e. The molecule has 1 aliphatic heterocycles. The van der Waals surface area contributed by atoms with Crippen LogP contribution in [-0.2, 0) is 24.0 Å². The van der Waals surface area contributed by atoms with E-state index in [4.69, 9.17) is 0 Å². The van der Waals surface area contributed by atoms with E-state index in [1.165, 1.54) is 6.08 Å². The molecule has 1 heterocycles. The highest BCUT2D eigenvalue weighted by Gasteiger charge is 2.63. The molecule has 0 radical (unpaired) electrons. The zero-order valence-electron chi connectivity index (χ0n) is 9.75. The van der Waals surface area contributed by atoms with Gasteiger partial charge in [-0.05, 0) is 18.8 Å². The molecular weight excluding hydrogens is 303 g/mol. The number of nitrogens with zero attached hydrogens (tertiary/aromatic N) is 1. The molecule has 1 saturated heterocycles. The van der Waals surface area contributed by atoms with Crippen molar-refractivity contribution < 1.29 is 35.5 Å². The monoisotopic (exact) mass is 311 g/mol. The third-order valence-corrected chi connectivity index (χ3v) is 4.86. The fourth-order valence-electron chi connectivity index (χ4n) is 3.02. The molecule has 3 bridgehead atoms. The standard InChI is InChI=1S/C10H8F3NO5S/c11-10(12,13)20(17,18)19-14-7(15)6-4-9(8(14)16)2-1-5(6)3-9/h1-2,5-6H,3-4H2. The van der Waals surface area contributed by atoms with Crippen LogP contribution >= 0.6 is 0 Å². The van der Waals surface area contributed by atoms with Gasteiger partial charge in [-0.3, -0.25) is 9.59 Å². The van der Waals surface area contributed by atoms with Gasteiger partial charge in [0.15, 0.2) is 0 Å². The predicted molar refractivity (Wildman–Crippen MR) is 55.7 cm³/mol. The number of alkyl halides is 3. The van der Waals surface area contributed by atoms with Crippen LogP contribution < -0.4 is 0 Å². The second-order valence-electron chi connectivity index (χ2n) is 5.11. The van der Waals surface area contributed by atoms with Gasteiger partial charge in [0, 0.05) is 5.92 Å². The number of carbonyl (C=O) groups is 2. The lowest BCUT2D eigenvalue weighted by Crippen LogP contribution is -2.53. The lowest BCUT2D eigenvalue weighted by atomic mass is 9.80. The number of piperidine rings is 1. The van der Waals surface area contributed by atoms with Crippen molar-refractivity contribution in [2.75, 3.05) is 0 Å². The number of carbonyl (C=O) groups excluding carboxylic acids is 2. The van der Waals surface area contributed by atoms with Crippen molar-refractivity contribution >= 4 is 21.9 Å². The van der Waals surface area contributed by atoms with Gasteiger partial charge in [-0.15, -0.1) is 9.35 Å². The Morgan fingerprint density at radius 1 is 1.30 bits per heavy atom. The Balaban J connectivity index is 1.95. The van der Waals surface area contributed by atoms with E-state index in [1.807, 2.05) is 0 Å². The zero-order valence-corrected chi connectivity index (χ0v) is 10.6. The van der Waals surface area contributed by atoms with Crippen LogP contribution in [0.25, 0.3) is 0 Å². The summed E-state index contributed by atoms with van der Waals surface area (Å²) in [6, 6.07) is 0. The van der Waals surface area contributed by atoms with Crippen molar-refractivity contribution in [1.82, 2.24) is 5.06 Å². The number of hydroxylamine groups is 2. The Bertz CT molecular complexity index is 640. The van der Waals surface area contributed by atoms with E-state index in [1.54, 1.807) is 6.08 Å². The lowest BCUT2D eigenvalue weighted by Gasteiger charge is -2.35. The van der Waals surface area contributed by atoms with Crippen LogP contribution in [0.1, 0.15) is 12.8 Å². The van der Waals surface area contributed by atoms with Gasteiger partial charge in [0.1, 0.15) is 0 Å². The number of hydrogen-bond acceptors (Lipinski definition) is 5. The molecule has 3 unspecified atom stereocenters. The molecule has 10 heteroatoms. The number of fused-ring (bicyclic) bond motifs is 3. The second-order valence-corrected chi connectivity index (χ2v) is 6.63. The third kappa shape index (κ3) is 1.57. The van der Waals surface area contributed by atoms with Gasteiger partial charge >= 0.3 is 15.6 Å². The summed E-state index contributed by atoms with van der Waals surface area (Å²) in [6.45, 7) is 0. The fourth-order valence-corrected chi connectivity index (χ4v) is 3.44. The highest BCUT2D eigenvalue weighted by atomic mass is 32.2. The number of allylic oxidation sites excluding steroid dienone is 1. The molecule has 2 fully saturated rings. The van der Waals surface area contributed by atoms with Gasteiger partial charge in [0.2, 0.25) is 0 Å². The van der Waals surface area contributed by atoms with E-state index in [2.05, 4.69) is 4.28 Å². The average Bonchev–Trinajstić information content (AvgIpc) is 2.89. The van der Waals surface area contributed by atoms with Gasteiger partial charge in [0.25, 0.3) is 11.8 Å². The summed E-state index contributed by atoms with van der Waals surface area (Å²) in [5.41, 5.74) is -6.80. The van der Waals surface area contributed by atoms with Crippen molar-refractivity contribution in [2.24, 2.45) is 17.3 Å². The molecule has 6 nitrogen and oxygen atoms in total. The molecule has 2 amide bonds. The number of imide groups is 1. The van der Waals surface area contributed by atoms with Crippen molar-refractivity contribution in [2.45, 2.75) is 18.3 Å². The highest BCUT2D eigenvalue weighted by Crippen LogP contribution is 2.57. The van der Waals surface area contributed by atoms with Gasteiger partial charge in [-0.1, -0.05) is 12.2 Å². The molecular formula is C10H8F3NO5S. The third-order valence-electron chi connectivity index (χ3n) is 3.95. The van der Waals surface area contributed by atoms with Crippen LogP contribution in [0, 0.1) is 17.3 Å². The normalized spacial score (nSPS) is 36.0. The Morgan fingerprint density at radius 2 is 1.95 bits per heavy atom. The minimum absolute atomic E-state index is 0.192. The van der Waals surface area contributed by atoms with E-state index >= 15 is 0 Å². The maximum atomic E-state index is 12.3. The van der Waals surface area contributed by atoms with Crippen LogP contribution in [0.2, 0.25) is 0 Å². The first-order valence-electron chi connectivity index (χ1n) is 5.66. The Kier molecular flexibility index (Phi) is 2.45. The summed E-state index contributed by atoms with van der Waals surface area (Å²) in [7, 11) is -6.04. The summed E-state index contributed by atoms with van der Waals surface area (Å²) >= 11 is 0. The molecule has 1 saturated carbocycles. The number of halogens is 3. The summed E-state index contributed by atoms with van der Waals surface area (Å²) in [5, 5.41) is -0.236. The molecule has 2 aliphatic carbocycles. The van der Waals surface area contributed by atoms with E-state index in [-0.39, 0.29) is 17.4 Å². The minimum Gasteiger partial charge on any atom is -0.272 e. The quantitative estimate of drug-likeness (QED) is 0.426. The molecule has 3 atom stereocenters. The topological polar surface area (TPSA) is 80.8 Å². The molecule has 0 aromatic heterocycles. The SMILES string of the molecule is O=C1C2CC3(C=CC2C3)C(=O)N1OS(=O)(=O)C(F)(F)F. The average molecular weight is 311 g/mol. The molecule has 20 heavy (non-hydrogen) atoms. The van der Waals surface area contributed by atoms with Crippen LogP contribution in [-0.4, -0.2) is 30.8 Å². The van der Waals surface area contributed by atoms with Crippen molar-refractivity contribution in [1.29, 1.82) is 0 Å². The van der Waals surface area contributed by atoms with Crippen LogP contribution in [0.5, 0.6) is 0 Å². The molecule has 0 aromatic rings. The van der Waals surface area contributed by atoms with Crippen molar-refractivity contribution in [3.8, 4) is 0 Å². The zero-order chi connectivity index (χ0) is 14.9. The lowest BCUT2D eigenvalue weighted by molar-refractivity contribution is -0.187. The Hall–Kier alpha value is -1.42. The van der Waals surface area contributed by atoms with Gasteiger partial charge in [0.05, 0.1) is 5.41 Å². The largest absolute Gasteiger partial charge is 0.525 e. The first-order chi connectivity index (χ1) is 9.07. The van der Waals surface area contributed by atoms with Gasteiger partial charge in [-0.2, -0.15) is 21.6 Å². The molecule has 110 valence electrons. The Labute approximate surface area is 111 Å². The predicted octanol–water partition coefficient (Wildman–Crippen LogP) is 0.719.